The Bertz CT molecular complexity index is 331. The van der Waals surface area contributed by atoms with Crippen molar-refractivity contribution < 1.29 is 4.79 Å². The summed E-state index contributed by atoms with van der Waals surface area (Å²) in [5, 5.41) is 0. The standard InChI is InChI=1S/C13H14O/c1-12-7-9-13(10-8-12)6-4-2-3-5-11-14/h2-4,6-11H,5H2,1H3/b3-2+,6-4+. The number of carbonyl (C=O) groups excluding carboxylic acids is 1. The van der Waals surface area contributed by atoms with Gasteiger partial charge in [0.2, 0.25) is 0 Å². The molecule has 0 N–H and O–H groups in total. The Hall–Kier alpha value is -1.63. The summed E-state index contributed by atoms with van der Waals surface area (Å²) < 4.78 is 0. The molecule has 14 heavy (non-hydrogen) atoms. The van der Waals surface area contributed by atoms with Gasteiger partial charge < -0.3 is 4.79 Å². The van der Waals surface area contributed by atoms with Crippen LogP contribution in [0.3, 0.4) is 0 Å². The molecular weight excluding hydrogens is 172 g/mol. The Morgan fingerprint density at radius 3 is 2.50 bits per heavy atom. The molecular formula is C13H14O. The van der Waals surface area contributed by atoms with Crippen molar-refractivity contribution in [1.82, 2.24) is 0 Å². The second-order valence-electron chi connectivity index (χ2n) is 3.10. The molecule has 0 radical (unpaired) electrons. The van der Waals surface area contributed by atoms with E-state index in [1.807, 2.05) is 24.3 Å². The third kappa shape index (κ3) is 3.85. The fraction of sp³-hybridized carbons (Fsp3) is 0.154. The van der Waals surface area contributed by atoms with Crippen molar-refractivity contribution in [2.45, 2.75) is 13.3 Å². The molecule has 0 unspecified atom stereocenters. The zero-order chi connectivity index (χ0) is 10.2. The van der Waals surface area contributed by atoms with Gasteiger partial charge in [-0.25, -0.2) is 0 Å². The summed E-state index contributed by atoms with van der Waals surface area (Å²) in [7, 11) is 0. The number of hydrogen-bond acceptors (Lipinski definition) is 1. The van der Waals surface area contributed by atoms with Gasteiger partial charge in [0.05, 0.1) is 0 Å². The number of allylic oxidation sites excluding steroid dienone is 3. The molecule has 0 saturated carbocycles. The SMILES string of the molecule is Cc1ccc(/C=C/C=C/CC=O)cc1. The molecule has 0 atom stereocenters. The summed E-state index contributed by atoms with van der Waals surface area (Å²) in [5.41, 5.74) is 2.44. The lowest BCUT2D eigenvalue weighted by molar-refractivity contribution is -0.107. The lowest BCUT2D eigenvalue weighted by Crippen LogP contribution is -1.72. The Labute approximate surface area is 84.8 Å². The van der Waals surface area contributed by atoms with Gasteiger partial charge in [-0.2, -0.15) is 0 Å². The van der Waals surface area contributed by atoms with E-state index in [1.165, 1.54) is 11.1 Å². The van der Waals surface area contributed by atoms with Crippen LogP contribution in [0.5, 0.6) is 0 Å². The first kappa shape index (κ1) is 10.5. The molecule has 0 spiro atoms. The summed E-state index contributed by atoms with van der Waals surface area (Å²) >= 11 is 0. The Kier molecular flexibility index (Phi) is 4.42. The highest BCUT2D eigenvalue weighted by molar-refractivity contribution is 5.54. The molecule has 0 aliphatic rings. The topological polar surface area (TPSA) is 17.1 Å². The van der Waals surface area contributed by atoms with E-state index >= 15 is 0 Å². The van der Waals surface area contributed by atoms with Gasteiger partial charge in [0.15, 0.2) is 0 Å². The van der Waals surface area contributed by atoms with Crippen LogP contribution in [0.15, 0.2) is 42.5 Å². The van der Waals surface area contributed by atoms with E-state index in [0.29, 0.717) is 6.42 Å². The maximum Gasteiger partial charge on any atom is 0.123 e. The minimum Gasteiger partial charge on any atom is -0.303 e. The van der Waals surface area contributed by atoms with Crippen LogP contribution in [0.4, 0.5) is 0 Å². The quantitative estimate of drug-likeness (QED) is 0.521. The molecule has 0 aliphatic heterocycles. The molecule has 1 aromatic carbocycles. The Morgan fingerprint density at radius 1 is 1.14 bits per heavy atom. The molecule has 72 valence electrons. The maximum absolute atomic E-state index is 10.0. The fourth-order valence-electron chi connectivity index (χ4n) is 1.06. The third-order valence-electron chi connectivity index (χ3n) is 1.85. The molecule has 1 nitrogen and oxygen atoms in total. The number of aryl methyl sites for hydroxylation is 1. The molecule has 1 aromatic rings. The molecule has 0 amide bonds. The van der Waals surface area contributed by atoms with Gasteiger partial charge in [0.25, 0.3) is 0 Å². The van der Waals surface area contributed by atoms with Gasteiger partial charge in [-0.3, -0.25) is 0 Å². The monoisotopic (exact) mass is 186 g/mol. The highest BCUT2D eigenvalue weighted by Crippen LogP contribution is 2.04. The first-order valence-corrected chi connectivity index (χ1v) is 4.66. The van der Waals surface area contributed by atoms with Gasteiger partial charge >= 0.3 is 0 Å². The van der Waals surface area contributed by atoms with Crippen LogP contribution >= 0.6 is 0 Å². The number of benzene rings is 1. The fourth-order valence-corrected chi connectivity index (χ4v) is 1.06. The minimum atomic E-state index is 0.484. The number of carbonyl (C=O) groups is 1. The van der Waals surface area contributed by atoms with Crippen LogP contribution in [-0.4, -0.2) is 6.29 Å². The second kappa shape index (κ2) is 5.92. The largest absolute Gasteiger partial charge is 0.303 e. The minimum absolute atomic E-state index is 0.484. The van der Waals surface area contributed by atoms with Crippen LogP contribution in [0.2, 0.25) is 0 Å². The van der Waals surface area contributed by atoms with Crippen molar-refractivity contribution in [2.24, 2.45) is 0 Å². The van der Waals surface area contributed by atoms with E-state index in [9.17, 15) is 4.79 Å². The summed E-state index contributed by atoms with van der Waals surface area (Å²) in [6.45, 7) is 2.07. The smallest absolute Gasteiger partial charge is 0.123 e. The van der Waals surface area contributed by atoms with Crippen LogP contribution in [-0.2, 0) is 4.79 Å². The molecule has 0 aromatic heterocycles. The van der Waals surface area contributed by atoms with Gasteiger partial charge in [-0.1, -0.05) is 54.1 Å². The summed E-state index contributed by atoms with van der Waals surface area (Å²) in [4.78, 5) is 10.0. The van der Waals surface area contributed by atoms with E-state index in [0.717, 1.165) is 6.29 Å². The summed E-state index contributed by atoms with van der Waals surface area (Å²) in [6, 6.07) is 8.29. The normalized spacial score (nSPS) is 11.2. The van der Waals surface area contributed by atoms with E-state index < -0.39 is 0 Å². The number of hydrogen-bond donors (Lipinski definition) is 0. The van der Waals surface area contributed by atoms with Crippen LogP contribution in [0, 0.1) is 6.92 Å². The van der Waals surface area contributed by atoms with E-state index in [4.69, 9.17) is 0 Å². The molecule has 0 saturated heterocycles. The van der Waals surface area contributed by atoms with Gasteiger partial charge in [0.1, 0.15) is 6.29 Å². The first-order chi connectivity index (χ1) is 6.83. The number of aldehydes is 1. The lowest BCUT2D eigenvalue weighted by Gasteiger charge is -1.92. The Morgan fingerprint density at radius 2 is 1.86 bits per heavy atom. The van der Waals surface area contributed by atoms with Crippen molar-refractivity contribution in [2.75, 3.05) is 0 Å². The molecule has 0 heterocycles. The van der Waals surface area contributed by atoms with Gasteiger partial charge in [0, 0.05) is 6.42 Å². The molecule has 0 aliphatic carbocycles. The second-order valence-corrected chi connectivity index (χ2v) is 3.10. The maximum atomic E-state index is 10.0. The first-order valence-electron chi connectivity index (χ1n) is 4.66. The lowest BCUT2D eigenvalue weighted by atomic mass is 10.1. The predicted molar refractivity (Wildman–Crippen MR) is 60.0 cm³/mol. The van der Waals surface area contributed by atoms with E-state index in [2.05, 4.69) is 31.2 Å². The van der Waals surface area contributed by atoms with E-state index in [-0.39, 0.29) is 0 Å². The zero-order valence-electron chi connectivity index (χ0n) is 8.31. The van der Waals surface area contributed by atoms with Crippen molar-refractivity contribution in [3.63, 3.8) is 0 Å². The van der Waals surface area contributed by atoms with Gasteiger partial charge in [-0.15, -0.1) is 0 Å². The van der Waals surface area contributed by atoms with Crippen LogP contribution in [0.25, 0.3) is 6.08 Å². The number of rotatable bonds is 4. The van der Waals surface area contributed by atoms with Gasteiger partial charge in [-0.05, 0) is 12.5 Å². The average Bonchev–Trinajstić information content (AvgIpc) is 2.21. The van der Waals surface area contributed by atoms with Crippen molar-refractivity contribution in [1.29, 1.82) is 0 Å². The molecule has 1 rings (SSSR count). The van der Waals surface area contributed by atoms with Crippen LogP contribution in [0.1, 0.15) is 17.5 Å². The van der Waals surface area contributed by atoms with E-state index in [1.54, 1.807) is 0 Å². The summed E-state index contributed by atoms with van der Waals surface area (Å²) in [5.74, 6) is 0. The summed E-state index contributed by atoms with van der Waals surface area (Å²) in [6.07, 6.45) is 9.04. The predicted octanol–water partition coefficient (Wildman–Crippen LogP) is 3.15. The highest BCUT2D eigenvalue weighted by Gasteiger charge is 1.84. The van der Waals surface area contributed by atoms with Crippen LogP contribution < -0.4 is 0 Å². The third-order valence-corrected chi connectivity index (χ3v) is 1.85. The highest BCUT2D eigenvalue weighted by atomic mass is 16.1. The van der Waals surface area contributed by atoms with Crippen molar-refractivity contribution in [3.8, 4) is 0 Å². The molecule has 1 heteroatoms. The average molecular weight is 186 g/mol. The molecule has 0 fully saturated rings. The molecule has 0 bridgehead atoms. The Balaban J connectivity index is 2.51. The van der Waals surface area contributed by atoms with Crippen molar-refractivity contribution >= 4 is 12.4 Å². The zero-order valence-corrected chi connectivity index (χ0v) is 8.31. The van der Waals surface area contributed by atoms with Crippen molar-refractivity contribution in [3.05, 3.63) is 53.6 Å².